The molecule has 1 aliphatic carbocycles. The summed E-state index contributed by atoms with van der Waals surface area (Å²) in [6.07, 6.45) is -2.77. The minimum Gasteiger partial charge on any atom is -0.399 e. The van der Waals surface area contributed by atoms with E-state index in [0.29, 0.717) is 11.0 Å². The molecule has 1 saturated carbocycles. The maximum atomic E-state index is 13.3. The molecular weight excluding hydrogens is 292 g/mol. The third-order valence-electron chi connectivity index (χ3n) is 4.94. The van der Waals surface area contributed by atoms with Gasteiger partial charge in [0.25, 0.3) is 0 Å². The van der Waals surface area contributed by atoms with E-state index in [2.05, 4.69) is 0 Å². The second-order valence-corrected chi connectivity index (χ2v) is 7.17. The van der Waals surface area contributed by atoms with Gasteiger partial charge in [-0.25, -0.2) is 0 Å². The molecule has 1 heterocycles. The van der Waals surface area contributed by atoms with Gasteiger partial charge in [-0.15, -0.1) is 0 Å². The van der Waals surface area contributed by atoms with Crippen LogP contribution in [-0.2, 0) is 15.5 Å². The van der Waals surface area contributed by atoms with Crippen molar-refractivity contribution in [3.63, 3.8) is 0 Å². The zero-order valence-corrected chi connectivity index (χ0v) is 13.3. The van der Waals surface area contributed by atoms with Gasteiger partial charge >= 0.3 is 13.3 Å². The van der Waals surface area contributed by atoms with Crippen LogP contribution in [-0.4, -0.2) is 18.3 Å². The van der Waals surface area contributed by atoms with Gasteiger partial charge in [-0.05, 0) is 63.5 Å². The Bertz CT molecular complexity index is 576. The van der Waals surface area contributed by atoms with E-state index in [9.17, 15) is 13.2 Å². The Labute approximate surface area is 129 Å². The van der Waals surface area contributed by atoms with E-state index >= 15 is 0 Å². The first-order chi connectivity index (χ1) is 10.0. The van der Waals surface area contributed by atoms with Crippen molar-refractivity contribution in [1.29, 1.82) is 0 Å². The summed E-state index contributed by atoms with van der Waals surface area (Å²) in [6, 6.07) is 4.29. The zero-order valence-electron chi connectivity index (χ0n) is 13.3. The van der Waals surface area contributed by atoms with Gasteiger partial charge in [-0.3, -0.25) is 0 Å². The largest absolute Gasteiger partial charge is 0.495 e. The van der Waals surface area contributed by atoms with Gasteiger partial charge in [0.1, 0.15) is 0 Å². The Morgan fingerprint density at radius 1 is 1.05 bits per heavy atom. The van der Waals surface area contributed by atoms with Crippen molar-refractivity contribution in [2.45, 2.75) is 63.8 Å². The monoisotopic (exact) mass is 312 g/mol. The molecule has 2 fully saturated rings. The second kappa shape index (κ2) is 4.74. The molecule has 0 radical (unpaired) electrons. The fourth-order valence-corrected chi connectivity index (χ4v) is 2.83. The van der Waals surface area contributed by atoms with Crippen LogP contribution >= 0.6 is 0 Å². The molecule has 3 rings (SSSR count). The highest BCUT2D eigenvalue weighted by Gasteiger charge is 2.53. The van der Waals surface area contributed by atoms with Crippen molar-refractivity contribution < 1.29 is 22.5 Å². The molecule has 1 aromatic rings. The Morgan fingerprint density at radius 3 is 2.05 bits per heavy atom. The fraction of sp³-hybridized carbons (Fsp3) is 0.625. The first-order valence-corrected chi connectivity index (χ1v) is 7.58. The van der Waals surface area contributed by atoms with Gasteiger partial charge < -0.3 is 9.31 Å². The highest BCUT2D eigenvalue weighted by Crippen LogP contribution is 2.46. The van der Waals surface area contributed by atoms with Crippen LogP contribution in [0, 0.1) is 0 Å². The van der Waals surface area contributed by atoms with Gasteiger partial charge in [-0.2, -0.15) is 13.2 Å². The highest BCUT2D eigenvalue weighted by molar-refractivity contribution is 6.62. The van der Waals surface area contributed by atoms with Crippen molar-refractivity contribution >= 4 is 12.6 Å². The number of rotatable bonds is 2. The van der Waals surface area contributed by atoms with Crippen molar-refractivity contribution in [3.05, 3.63) is 29.3 Å². The van der Waals surface area contributed by atoms with Gasteiger partial charge in [-0.1, -0.05) is 12.1 Å². The predicted molar refractivity (Wildman–Crippen MR) is 79.1 cm³/mol. The second-order valence-electron chi connectivity index (χ2n) is 7.17. The standard InChI is InChI=1S/C16H20BF3O2/c1-14(2)15(3,4)22-17(21-14)12-7-5-6-11(16(18,19)20)13(12)10-8-9-10/h5-7,10H,8-9H2,1-4H3. The predicted octanol–water partition coefficient (Wildman–Crippen LogP) is 3.88. The molecule has 0 unspecified atom stereocenters. The SMILES string of the molecule is CC1(C)OB(c2cccc(C(F)(F)F)c2C2CC2)OC1(C)C. The van der Waals surface area contributed by atoms with Crippen molar-refractivity contribution in [3.8, 4) is 0 Å². The molecule has 0 N–H and O–H groups in total. The van der Waals surface area contributed by atoms with E-state index in [4.69, 9.17) is 9.31 Å². The average Bonchev–Trinajstić information content (AvgIpc) is 3.16. The van der Waals surface area contributed by atoms with Crippen LogP contribution < -0.4 is 5.46 Å². The van der Waals surface area contributed by atoms with E-state index in [0.717, 1.165) is 18.9 Å². The minimum atomic E-state index is -4.35. The van der Waals surface area contributed by atoms with Crippen molar-refractivity contribution in [2.75, 3.05) is 0 Å². The minimum absolute atomic E-state index is 0.0353. The van der Waals surface area contributed by atoms with E-state index < -0.39 is 30.1 Å². The molecule has 0 spiro atoms. The molecule has 1 aromatic carbocycles. The van der Waals surface area contributed by atoms with E-state index in [1.807, 2.05) is 27.7 Å². The number of hydrogen-bond acceptors (Lipinski definition) is 2. The maximum absolute atomic E-state index is 13.3. The quantitative estimate of drug-likeness (QED) is 0.772. The van der Waals surface area contributed by atoms with Gasteiger partial charge in [0.15, 0.2) is 0 Å². The summed E-state index contributed by atoms with van der Waals surface area (Å²) in [5, 5.41) is 0. The Balaban J connectivity index is 2.06. The summed E-state index contributed by atoms with van der Waals surface area (Å²) >= 11 is 0. The van der Waals surface area contributed by atoms with Crippen LogP contribution in [0.25, 0.3) is 0 Å². The fourth-order valence-electron chi connectivity index (χ4n) is 2.83. The molecule has 1 aliphatic heterocycles. The lowest BCUT2D eigenvalue weighted by Gasteiger charge is -2.32. The first kappa shape index (κ1) is 15.9. The van der Waals surface area contributed by atoms with Crippen LogP contribution in [0.15, 0.2) is 18.2 Å². The molecule has 22 heavy (non-hydrogen) atoms. The zero-order chi connectivity index (χ0) is 16.3. The van der Waals surface area contributed by atoms with Crippen molar-refractivity contribution in [1.82, 2.24) is 0 Å². The van der Waals surface area contributed by atoms with Crippen LogP contribution in [0.3, 0.4) is 0 Å². The molecule has 0 bridgehead atoms. The van der Waals surface area contributed by atoms with E-state index in [1.54, 1.807) is 6.07 Å². The molecule has 0 amide bonds. The summed E-state index contributed by atoms with van der Waals surface area (Å²) in [7, 11) is -0.747. The molecule has 120 valence electrons. The Hall–Kier alpha value is -1.01. The topological polar surface area (TPSA) is 18.5 Å². The smallest absolute Gasteiger partial charge is 0.399 e. The van der Waals surface area contributed by atoms with Crippen LogP contribution in [0.5, 0.6) is 0 Å². The lowest BCUT2D eigenvalue weighted by Crippen LogP contribution is -2.41. The summed E-state index contributed by atoms with van der Waals surface area (Å²) in [5.41, 5.74) is -0.800. The van der Waals surface area contributed by atoms with E-state index in [-0.39, 0.29) is 5.92 Å². The van der Waals surface area contributed by atoms with E-state index in [1.165, 1.54) is 6.07 Å². The lowest BCUT2D eigenvalue weighted by atomic mass is 9.73. The first-order valence-electron chi connectivity index (χ1n) is 7.58. The Morgan fingerprint density at radius 2 is 1.59 bits per heavy atom. The molecule has 2 nitrogen and oxygen atoms in total. The third kappa shape index (κ3) is 2.56. The summed E-state index contributed by atoms with van der Waals surface area (Å²) < 4.78 is 51.9. The molecule has 0 aromatic heterocycles. The number of halogens is 3. The van der Waals surface area contributed by atoms with Crippen LogP contribution in [0.4, 0.5) is 13.2 Å². The average molecular weight is 312 g/mol. The molecule has 1 saturated heterocycles. The maximum Gasteiger partial charge on any atom is 0.495 e. The lowest BCUT2D eigenvalue weighted by molar-refractivity contribution is -0.138. The molecule has 6 heteroatoms. The summed E-state index contributed by atoms with van der Waals surface area (Å²) in [4.78, 5) is 0. The van der Waals surface area contributed by atoms with Gasteiger partial charge in [0.2, 0.25) is 0 Å². The highest BCUT2D eigenvalue weighted by atomic mass is 19.4. The summed E-state index contributed by atoms with van der Waals surface area (Å²) in [5.74, 6) is -0.0353. The number of alkyl halides is 3. The normalized spacial score (nSPS) is 23.9. The van der Waals surface area contributed by atoms with Crippen LogP contribution in [0.1, 0.15) is 57.6 Å². The summed E-state index contributed by atoms with van der Waals surface area (Å²) in [6.45, 7) is 7.60. The Kier molecular flexibility index (Phi) is 3.42. The number of hydrogen-bond donors (Lipinski definition) is 0. The molecular formula is C16H20BF3O2. The molecule has 0 atom stereocenters. The van der Waals surface area contributed by atoms with Crippen molar-refractivity contribution in [2.24, 2.45) is 0 Å². The molecule has 2 aliphatic rings. The van der Waals surface area contributed by atoms with Gasteiger partial charge in [0.05, 0.1) is 16.8 Å². The number of benzene rings is 1. The van der Waals surface area contributed by atoms with Gasteiger partial charge in [0, 0.05) is 0 Å². The van der Waals surface area contributed by atoms with Crippen LogP contribution in [0.2, 0.25) is 0 Å². The third-order valence-corrected chi connectivity index (χ3v) is 4.94.